The van der Waals surface area contributed by atoms with Gasteiger partial charge in [0.15, 0.2) is 0 Å². The van der Waals surface area contributed by atoms with Crippen LogP contribution in [-0.2, 0) is 57.1 Å². The van der Waals surface area contributed by atoms with Gasteiger partial charge >= 0.3 is 23.9 Å². The molecule has 8 aliphatic rings. The summed E-state index contributed by atoms with van der Waals surface area (Å²) in [4.78, 5) is 48.9. The molecule has 4 aliphatic heterocycles. The maximum absolute atomic E-state index is 12.4. The van der Waals surface area contributed by atoms with Crippen molar-refractivity contribution in [1.82, 2.24) is 0 Å². The van der Waals surface area contributed by atoms with Crippen molar-refractivity contribution in [2.24, 2.45) is 29.1 Å². The lowest BCUT2D eigenvalue weighted by Crippen LogP contribution is -2.34. The molecule has 4 saturated heterocycles. The van der Waals surface area contributed by atoms with Gasteiger partial charge in [0, 0.05) is 11.8 Å². The van der Waals surface area contributed by atoms with E-state index >= 15 is 0 Å². The minimum Gasteiger partial charge on any atom is -0.465 e. The molecule has 4 aliphatic carbocycles. The fraction of sp³-hybridized carbons (Fsp3) is 0.900. The molecular weight excluding hydrogens is 672 g/mol. The van der Waals surface area contributed by atoms with E-state index in [9.17, 15) is 19.2 Å². The molecule has 0 aromatic rings. The minimum atomic E-state index is -0.399. The Balaban J connectivity index is 0.000000162. The average molecular weight is 733 g/mol. The number of rotatable bonds is 12. The Kier molecular flexibility index (Phi) is 10.3. The van der Waals surface area contributed by atoms with E-state index in [1.165, 1.54) is 0 Å². The molecule has 0 aromatic heterocycles. The van der Waals surface area contributed by atoms with Crippen molar-refractivity contribution in [2.75, 3.05) is 26.4 Å². The molecule has 0 N–H and O–H groups in total. The molecule has 8 fully saturated rings. The summed E-state index contributed by atoms with van der Waals surface area (Å²) in [5.74, 6) is -0.800. The van der Waals surface area contributed by atoms with E-state index in [1.807, 2.05) is 13.8 Å². The Labute approximate surface area is 307 Å². The van der Waals surface area contributed by atoms with Gasteiger partial charge in [0.2, 0.25) is 0 Å². The lowest BCUT2D eigenvalue weighted by atomic mass is 9.83. The van der Waals surface area contributed by atoms with Crippen LogP contribution in [-0.4, -0.2) is 97.1 Å². The molecule has 0 aromatic carbocycles. The highest BCUT2D eigenvalue weighted by Crippen LogP contribution is 2.52. The van der Waals surface area contributed by atoms with Gasteiger partial charge in [0.05, 0.1) is 96.9 Å². The Morgan fingerprint density at radius 3 is 1.04 bits per heavy atom. The molecule has 0 spiro atoms. The van der Waals surface area contributed by atoms with Crippen LogP contribution in [0, 0.1) is 29.1 Å². The molecule has 12 unspecified atom stereocenters. The second-order valence-electron chi connectivity index (χ2n) is 18.6. The van der Waals surface area contributed by atoms with Crippen LogP contribution in [0.25, 0.3) is 0 Å². The maximum atomic E-state index is 12.4. The van der Waals surface area contributed by atoms with Crippen LogP contribution in [0.15, 0.2) is 0 Å². The number of esters is 4. The summed E-state index contributed by atoms with van der Waals surface area (Å²) in [7, 11) is 0. The van der Waals surface area contributed by atoms with Gasteiger partial charge in [-0.05, 0) is 105 Å². The number of fused-ring (bicyclic) bond motifs is 4. The van der Waals surface area contributed by atoms with E-state index < -0.39 is 5.41 Å². The van der Waals surface area contributed by atoms with Crippen molar-refractivity contribution >= 4 is 23.9 Å². The zero-order valence-electron chi connectivity index (χ0n) is 32.0. The molecule has 12 nitrogen and oxygen atoms in total. The van der Waals surface area contributed by atoms with Crippen LogP contribution < -0.4 is 0 Å². The van der Waals surface area contributed by atoms with Crippen LogP contribution >= 0.6 is 0 Å². The van der Waals surface area contributed by atoms with Crippen LogP contribution in [0.2, 0.25) is 0 Å². The molecular formula is C40H60O12. The van der Waals surface area contributed by atoms with Gasteiger partial charge in [-0.2, -0.15) is 0 Å². The molecule has 12 atom stereocenters. The van der Waals surface area contributed by atoms with Crippen molar-refractivity contribution in [3.8, 4) is 0 Å². The quantitative estimate of drug-likeness (QED) is 0.109. The number of epoxide rings is 4. The molecule has 4 saturated carbocycles. The highest BCUT2D eigenvalue weighted by molar-refractivity contribution is 5.74. The lowest BCUT2D eigenvalue weighted by molar-refractivity contribution is -0.159. The normalized spacial score (nSPS) is 43.3. The largest absolute Gasteiger partial charge is 0.465 e. The summed E-state index contributed by atoms with van der Waals surface area (Å²) >= 11 is 0. The predicted molar refractivity (Wildman–Crippen MR) is 185 cm³/mol. The first-order chi connectivity index (χ1) is 24.5. The molecule has 292 valence electrons. The van der Waals surface area contributed by atoms with E-state index in [2.05, 4.69) is 27.7 Å². The summed E-state index contributed by atoms with van der Waals surface area (Å²) in [6.45, 7) is 13.5. The van der Waals surface area contributed by atoms with Crippen LogP contribution in [0.1, 0.15) is 125 Å². The van der Waals surface area contributed by atoms with Gasteiger partial charge in [-0.1, -0.05) is 13.8 Å². The van der Waals surface area contributed by atoms with Gasteiger partial charge < -0.3 is 37.9 Å². The van der Waals surface area contributed by atoms with E-state index in [-0.39, 0.29) is 108 Å². The van der Waals surface area contributed by atoms with Crippen molar-refractivity contribution in [3.63, 3.8) is 0 Å². The van der Waals surface area contributed by atoms with E-state index in [1.54, 1.807) is 0 Å². The molecule has 0 bridgehead atoms. The zero-order valence-corrected chi connectivity index (χ0v) is 32.0. The number of hydrogen-bond acceptors (Lipinski definition) is 12. The molecule has 12 heteroatoms. The smallest absolute Gasteiger partial charge is 0.309 e. The number of carbonyl (C=O) groups is 4. The Hall–Kier alpha value is -2.28. The van der Waals surface area contributed by atoms with Crippen molar-refractivity contribution in [1.29, 1.82) is 0 Å². The number of ether oxygens (including phenoxy) is 8. The minimum absolute atomic E-state index is 0.00627. The summed E-state index contributed by atoms with van der Waals surface area (Å²) in [6, 6.07) is 0. The first-order valence-electron chi connectivity index (χ1n) is 19.9. The van der Waals surface area contributed by atoms with Gasteiger partial charge in [-0.25, -0.2) is 0 Å². The molecule has 0 amide bonds. The maximum Gasteiger partial charge on any atom is 0.309 e. The SMILES string of the molecule is CC(C)(COC(=O)C1CCC2(C)OC2C1)COC(=O)C1CCC2(C)OC2C1.CC12CCC(C(=O)OCCCOC(=O)C3CCC4(C)OC4C3)CC1O2. The Morgan fingerprint density at radius 1 is 0.500 bits per heavy atom. The van der Waals surface area contributed by atoms with Crippen LogP contribution in [0.5, 0.6) is 0 Å². The predicted octanol–water partition coefficient (Wildman–Crippen LogP) is 5.39. The number of carbonyl (C=O) groups excluding carboxylic acids is 4. The van der Waals surface area contributed by atoms with Gasteiger partial charge in [0.1, 0.15) is 0 Å². The molecule has 8 rings (SSSR count). The summed E-state index contributed by atoms with van der Waals surface area (Å²) in [6.07, 6.45) is 11.5. The van der Waals surface area contributed by atoms with Gasteiger partial charge in [-0.15, -0.1) is 0 Å². The Bertz CT molecular complexity index is 1300. The average Bonchev–Trinajstić information content (AvgIpc) is 4.00. The van der Waals surface area contributed by atoms with E-state index in [0.29, 0.717) is 19.6 Å². The van der Waals surface area contributed by atoms with Crippen LogP contribution in [0.4, 0.5) is 0 Å². The highest BCUT2D eigenvalue weighted by Gasteiger charge is 2.59. The highest BCUT2D eigenvalue weighted by atomic mass is 16.6. The van der Waals surface area contributed by atoms with Crippen molar-refractivity contribution in [3.05, 3.63) is 0 Å². The van der Waals surface area contributed by atoms with E-state index in [0.717, 1.165) is 77.0 Å². The number of hydrogen-bond donors (Lipinski definition) is 0. The standard InChI is InChI=1S/C21H32O6.C19H28O6/c1-19(2,11-24-17(22)13-5-7-20(3)15(9-13)26-20)12-25-18(23)14-6-8-21(4)16(10-14)27-21;1-18-6-4-12(10-14(18)24-18)16(20)22-8-3-9-23-17(21)13-5-7-19(2)15(11-13)25-19/h13-16H,5-12H2,1-4H3;12-15H,3-11H2,1-2H3. The lowest BCUT2D eigenvalue weighted by Gasteiger charge is -2.27. The monoisotopic (exact) mass is 732 g/mol. The topological polar surface area (TPSA) is 155 Å². The zero-order chi connectivity index (χ0) is 37.1. The third kappa shape index (κ3) is 8.65. The molecule has 52 heavy (non-hydrogen) atoms. The fourth-order valence-corrected chi connectivity index (χ4v) is 8.89. The second-order valence-corrected chi connectivity index (χ2v) is 18.6. The van der Waals surface area contributed by atoms with Crippen molar-refractivity contribution in [2.45, 2.75) is 172 Å². The summed E-state index contributed by atoms with van der Waals surface area (Å²) in [5, 5.41) is 0. The first kappa shape index (κ1) is 38.0. The summed E-state index contributed by atoms with van der Waals surface area (Å²) < 4.78 is 44.3. The molecule has 0 radical (unpaired) electrons. The third-order valence-corrected chi connectivity index (χ3v) is 13.4. The van der Waals surface area contributed by atoms with Crippen molar-refractivity contribution < 1.29 is 57.1 Å². The Morgan fingerprint density at radius 2 is 0.769 bits per heavy atom. The van der Waals surface area contributed by atoms with Crippen LogP contribution in [0.3, 0.4) is 0 Å². The molecule has 4 heterocycles. The summed E-state index contributed by atoms with van der Waals surface area (Å²) in [5.41, 5.74) is -0.345. The van der Waals surface area contributed by atoms with Gasteiger partial charge in [-0.3, -0.25) is 19.2 Å². The second kappa shape index (κ2) is 14.1. The first-order valence-corrected chi connectivity index (χ1v) is 19.9. The van der Waals surface area contributed by atoms with E-state index in [4.69, 9.17) is 37.9 Å². The fourth-order valence-electron chi connectivity index (χ4n) is 8.89. The third-order valence-electron chi connectivity index (χ3n) is 13.4. The van der Waals surface area contributed by atoms with Gasteiger partial charge in [0.25, 0.3) is 0 Å².